The average Bonchev–Trinajstić information content (AvgIpc) is 3.35. The van der Waals surface area contributed by atoms with Gasteiger partial charge in [-0.15, -0.1) is 0 Å². The van der Waals surface area contributed by atoms with Crippen LogP contribution >= 0.6 is 11.6 Å². The molecule has 0 fully saturated rings. The van der Waals surface area contributed by atoms with Gasteiger partial charge in [0.25, 0.3) is 17.4 Å². The number of aromatic amines is 1. The summed E-state index contributed by atoms with van der Waals surface area (Å²) in [5.41, 5.74) is 2.21. The largest absolute Gasteiger partial charge is 0.355 e. The second kappa shape index (κ2) is 10.2. The van der Waals surface area contributed by atoms with Gasteiger partial charge in [-0.1, -0.05) is 17.7 Å². The minimum absolute atomic E-state index is 0.0281. The topological polar surface area (TPSA) is 112 Å². The molecule has 0 bridgehead atoms. The molecular formula is C28H28ClFN6O3. The van der Waals surface area contributed by atoms with E-state index in [1.807, 2.05) is 20.8 Å². The van der Waals surface area contributed by atoms with Gasteiger partial charge >= 0.3 is 0 Å². The number of carbonyl (C=O) groups excluding carboxylic acids is 2. The molecule has 2 aromatic carbocycles. The zero-order chi connectivity index (χ0) is 28.0. The molecule has 4 aromatic rings. The Labute approximate surface area is 229 Å². The van der Waals surface area contributed by atoms with Gasteiger partial charge in [-0.05, 0) is 63.6 Å². The van der Waals surface area contributed by atoms with Crippen molar-refractivity contribution in [2.45, 2.75) is 45.8 Å². The monoisotopic (exact) mass is 550 g/mol. The molecule has 0 saturated heterocycles. The zero-order valence-electron chi connectivity index (χ0n) is 21.9. The summed E-state index contributed by atoms with van der Waals surface area (Å²) in [6.45, 7) is 5.85. The van der Waals surface area contributed by atoms with E-state index in [2.05, 4.69) is 15.6 Å². The molecule has 5 rings (SSSR count). The molecule has 0 spiro atoms. The van der Waals surface area contributed by atoms with Crippen molar-refractivity contribution in [3.05, 3.63) is 86.2 Å². The van der Waals surface area contributed by atoms with Gasteiger partial charge in [-0.2, -0.15) is 0 Å². The molecule has 3 heterocycles. The Hall–Kier alpha value is -4.18. The molecule has 1 aliphatic heterocycles. The molecule has 1 aliphatic rings. The number of anilines is 1. The fourth-order valence-electron chi connectivity index (χ4n) is 4.84. The highest BCUT2D eigenvalue weighted by atomic mass is 35.5. The number of carbonyl (C=O) groups is 2. The molecule has 3 N–H and O–H groups in total. The lowest BCUT2D eigenvalue weighted by atomic mass is 9.99. The lowest BCUT2D eigenvalue weighted by Gasteiger charge is -2.34. The first-order valence-electron chi connectivity index (χ1n) is 12.6. The molecule has 9 nitrogen and oxygen atoms in total. The molecule has 0 saturated carbocycles. The highest BCUT2D eigenvalue weighted by Crippen LogP contribution is 2.28. The van der Waals surface area contributed by atoms with Crippen molar-refractivity contribution in [3.63, 3.8) is 0 Å². The van der Waals surface area contributed by atoms with Gasteiger partial charge in [-0.3, -0.25) is 14.4 Å². The number of hydrogen-bond donors (Lipinski definition) is 3. The van der Waals surface area contributed by atoms with Crippen molar-refractivity contribution in [1.82, 2.24) is 24.8 Å². The van der Waals surface area contributed by atoms with Gasteiger partial charge in [0.2, 0.25) is 5.95 Å². The van der Waals surface area contributed by atoms with Crippen LogP contribution in [-0.2, 0) is 13.0 Å². The number of benzene rings is 2. The number of hydrogen-bond acceptors (Lipinski definition) is 5. The van der Waals surface area contributed by atoms with Crippen LogP contribution in [0.2, 0.25) is 5.02 Å². The number of H-pyrrole nitrogens is 1. The van der Waals surface area contributed by atoms with Gasteiger partial charge in [-0.25, -0.2) is 13.9 Å². The average molecular weight is 551 g/mol. The quantitative estimate of drug-likeness (QED) is 0.343. The van der Waals surface area contributed by atoms with E-state index in [4.69, 9.17) is 16.6 Å². The van der Waals surface area contributed by atoms with Gasteiger partial charge in [0, 0.05) is 35.6 Å². The summed E-state index contributed by atoms with van der Waals surface area (Å²) in [6, 6.07) is 11.1. The Bertz CT molecular complexity index is 1660. The van der Waals surface area contributed by atoms with Crippen molar-refractivity contribution in [1.29, 1.82) is 0 Å². The summed E-state index contributed by atoms with van der Waals surface area (Å²) in [6.07, 6.45) is 0.297. The molecule has 39 heavy (non-hydrogen) atoms. The van der Waals surface area contributed by atoms with E-state index in [9.17, 15) is 18.8 Å². The van der Waals surface area contributed by atoms with Crippen molar-refractivity contribution in [2.24, 2.45) is 0 Å². The van der Waals surface area contributed by atoms with Crippen molar-refractivity contribution < 1.29 is 14.0 Å². The van der Waals surface area contributed by atoms with Crippen LogP contribution in [-0.4, -0.2) is 50.4 Å². The van der Waals surface area contributed by atoms with Crippen molar-refractivity contribution in [3.8, 4) is 5.69 Å². The standard InChI is InChI=1S/C28H28ClFN6O3/c1-14(2)32-28-34-22-13-35(27(39)21-12-17-7-10-20(29)23(30)24(17)33-21)15(3)11-19(22)26(38)36(28)18-8-5-16(6-9-18)25(37)31-4/h5-10,12,14-15,33H,11,13H2,1-4H3,(H,31,37)(H,32,34)/t15-/m1/s1. The predicted octanol–water partition coefficient (Wildman–Crippen LogP) is 4.27. The Kier molecular flexibility index (Phi) is 6.90. The highest BCUT2D eigenvalue weighted by Gasteiger charge is 2.32. The van der Waals surface area contributed by atoms with E-state index in [1.54, 1.807) is 48.3 Å². The maximum Gasteiger partial charge on any atom is 0.270 e. The number of halogens is 2. The number of nitrogens with zero attached hydrogens (tertiary/aromatic N) is 3. The molecule has 1 atom stereocenters. The molecule has 2 aromatic heterocycles. The van der Waals surface area contributed by atoms with Gasteiger partial charge in [0.1, 0.15) is 5.69 Å². The fourth-order valence-corrected chi connectivity index (χ4v) is 5.00. The van der Waals surface area contributed by atoms with E-state index in [-0.39, 0.29) is 52.2 Å². The number of amides is 2. The first kappa shape index (κ1) is 26.4. The molecule has 2 amide bonds. The summed E-state index contributed by atoms with van der Waals surface area (Å²) in [4.78, 5) is 48.6. The van der Waals surface area contributed by atoms with Crippen LogP contribution in [0.3, 0.4) is 0 Å². The lowest BCUT2D eigenvalue weighted by Crippen LogP contribution is -2.46. The molecule has 0 radical (unpaired) electrons. The normalized spacial score (nSPS) is 14.9. The van der Waals surface area contributed by atoms with Crippen LogP contribution in [0.25, 0.3) is 16.6 Å². The summed E-state index contributed by atoms with van der Waals surface area (Å²) >= 11 is 5.90. The Morgan fingerprint density at radius 1 is 1.18 bits per heavy atom. The highest BCUT2D eigenvalue weighted by molar-refractivity contribution is 6.31. The minimum Gasteiger partial charge on any atom is -0.355 e. The molecule has 11 heteroatoms. The molecule has 0 aliphatic carbocycles. The number of fused-ring (bicyclic) bond motifs is 2. The summed E-state index contributed by atoms with van der Waals surface area (Å²) in [5, 5.41) is 6.33. The van der Waals surface area contributed by atoms with Gasteiger partial charge < -0.3 is 20.5 Å². The SMILES string of the molecule is CNC(=O)c1ccc(-n2c(NC(C)C)nc3c(c2=O)C[C@@H](C)N(C(=O)c2cc4ccc(Cl)c(F)c4[nH]2)C3)cc1. The Balaban J connectivity index is 1.53. The second-order valence-electron chi connectivity index (χ2n) is 9.92. The molecule has 202 valence electrons. The summed E-state index contributed by atoms with van der Waals surface area (Å²) in [5.74, 6) is -0.822. The third-order valence-corrected chi connectivity index (χ3v) is 7.12. The zero-order valence-corrected chi connectivity index (χ0v) is 22.7. The Morgan fingerprint density at radius 3 is 2.56 bits per heavy atom. The van der Waals surface area contributed by atoms with E-state index < -0.39 is 5.82 Å². The number of nitrogens with one attached hydrogen (secondary N) is 3. The smallest absolute Gasteiger partial charge is 0.270 e. The third kappa shape index (κ3) is 4.76. The van der Waals surface area contributed by atoms with Crippen molar-refractivity contribution in [2.75, 3.05) is 12.4 Å². The minimum atomic E-state index is -0.611. The van der Waals surface area contributed by atoms with E-state index >= 15 is 0 Å². The third-order valence-electron chi connectivity index (χ3n) is 6.82. The van der Waals surface area contributed by atoms with Crippen LogP contribution < -0.4 is 16.2 Å². The Morgan fingerprint density at radius 2 is 1.90 bits per heavy atom. The number of rotatable bonds is 5. The maximum absolute atomic E-state index is 14.5. The van der Waals surface area contributed by atoms with Crippen LogP contribution in [0.15, 0.2) is 47.3 Å². The van der Waals surface area contributed by atoms with Crippen LogP contribution in [0.4, 0.5) is 10.3 Å². The first-order chi connectivity index (χ1) is 18.6. The van der Waals surface area contributed by atoms with Gasteiger partial charge in [0.05, 0.1) is 28.5 Å². The van der Waals surface area contributed by atoms with Crippen molar-refractivity contribution >= 4 is 40.3 Å². The predicted molar refractivity (Wildman–Crippen MR) is 148 cm³/mol. The van der Waals surface area contributed by atoms with E-state index in [0.29, 0.717) is 40.3 Å². The molecular weight excluding hydrogens is 523 g/mol. The number of aromatic nitrogens is 3. The van der Waals surface area contributed by atoms with Gasteiger partial charge in [0.15, 0.2) is 5.82 Å². The van der Waals surface area contributed by atoms with Crippen LogP contribution in [0.5, 0.6) is 0 Å². The summed E-state index contributed by atoms with van der Waals surface area (Å²) in [7, 11) is 1.56. The lowest BCUT2D eigenvalue weighted by molar-refractivity contribution is 0.0648. The van der Waals surface area contributed by atoms with Crippen LogP contribution in [0, 0.1) is 5.82 Å². The fraction of sp³-hybridized carbons (Fsp3) is 0.286. The summed E-state index contributed by atoms with van der Waals surface area (Å²) < 4.78 is 16.0. The van der Waals surface area contributed by atoms with E-state index in [0.717, 1.165) is 0 Å². The second-order valence-corrected chi connectivity index (χ2v) is 10.3. The van der Waals surface area contributed by atoms with E-state index in [1.165, 1.54) is 10.6 Å². The first-order valence-corrected chi connectivity index (χ1v) is 13.0. The molecule has 0 unspecified atom stereocenters. The maximum atomic E-state index is 14.5. The van der Waals surface area contributed by atoms with Crippen LogP contribution in [0.1, 0.15) is 52.9 Å².